The average Bonchev–Trinajstić information content (AvgIpc) is 2.22. The monoisotopic (exact) mass is 240 g/mol. The summed E-state index contributed by atoms with van der Waals surface area (Å²) in [5.74, 6) is 0.756. The van der Waals surface area contributed by atoms with Gasteiger partial charge in [-0.15, -0.1) is 6.42 Å². The summed E-state index contributed by atoms with van der Waals surface area (Å²) < 4.78 is 5.42. The number of carbonyl (C=O) groups is 2. The molecule has 0 aromatic heterocycles. The van der Waals surface area contributed by atoms with E-state index in [-0.39, 0.29) is 18.8 Å². The van der Waals surface area contributed by atoms with E-state index in [9.17, 15) is 9.59 Å². The van der Waals surface area contributed by atoms with Crippen LogP contribution in [-0.2, 0) is 14.3 Å². The Bertz CT molecular complexity index is 344. The first-order valence-corrected chi connectivity index (χ1v) is 5.24. The van der Waals surface area contributed by atoms with Crippen molar-refractivity contribution in [1.29, 1.82) is 0 Å². The molecule has 0 aliphatic carbocycles. The summed E-state index contributed by atoms with van der Waals surface area (Å²) in [5, 5.41) is 11.7. The SMILES string of the molecule is C#CCN(CC(=O)O)C(=O)COC1(C)CNC1. The van der Waals surface area contributed by atoms with Gasteiger partial charge in [-0.3, -0.25) is 9.59 Å². The van der Waals surface area contributed by atoms with Gasteiger partial charge in [0.1, 0.15) is 13.2 Å². The van der Waals surface area contributed by atoms with Crippen LogP contribution in [0.2, 0.25) is 0 Å². The molecule has 1 aliphatic heterocycles. The van der Waals surface area contributed by atoms with Gasteiger partial charge in [0, 0.05) is 13.1 Å². The molecule has 0 spiro atoms. The van der Waals surface area contributed by atoms with Gasteiger partial charge >= 0.3 is 5.97 Å². The molecule has 1 heterocycles. The van der Waals surface area contributed by atoms with Crippen molar-refractivity contribution in [2.24, 2.45) is 0 Å². The molecular formula is C11H16N2O4. The van der Waals surface area contributed by atoms with Crippen LogP contribution < -0.4 is 5.32 Å². The fraction of sp³-hybridized carbons (Fsp3) is 0.636. The van der Waals surface area contributed by atoms with Crippen LogP contribution in [0.25, 0.3) is 0 Å². The van der Waals surface area contributed by atoms with Gasteiger partial charge in [0.15, 0.2) is 0 Å². The Morgan fingerprint density at radius 3 is 2.65 bits per heavy atom. The molecule has 0 aromatic carbocycles. The van der Waals surface area contributed by atoms with Gasteiger partial charge in [0.05, 0.1) is 12.1 Å². The first kappa shape index (κ1) is 13.5. The normalized spacial score (nSPS) is 16.7. The molecular weight excluding hydrogens is 224 g/mol. The lowest BCUT2D eigenvalue weighted by Gasteiger charge is -2.39. The summed E-state index contributed by atoms with van der Waals surface area (Å²) in [7, 11) is 0. The van der Waals surface area contributed by atoms with E-state index < -0.39 is 18.4 Å². The maximum Gasteiger partial charge on any atom is 0.323 e. The van der Waals surface area contributed by atoms with Crippen LogP contribution in [0.1, 0.15) is 6.92 Å². The fourth-order valence-electron chi connectivity index (χ4n) is 1.41. The van der Waals surface area contributed by atoms with Crippen molar-refractivity contribution in [3.05, 3.63) is 0 Å². The summed E-state index contributed by atoms with van der Waals surface area (Å²) in [5.41, 5.74) is -0.333. The predicted octanol–water partition coefficient (Wildman–Crippen LogP) is -1.09. The second kappa shape index (κ2) is 5.66. The summed E-state index contributed by atoms with van der Waals surface area (Å²) in [6.07, 6.45) is 5.07. The van der Waals surface area contributed by atoms with Crippen LogP contribution in [0, 0.1) is 12.3 Å². The van der Waals surface area contributed by atoms with Crippen LogP contribution >= 0.6 is 0 Å². The zero-order chi connectivity index (χ0) is 12.9. The summed E-state index contributed by atoms with van der Waals surface area (Å²) in [4.78, 5) is 23.3. The number of amides is 1. The molecule has 6 heteroatoms. The van der Waals surface area contributed by atoms with Crippen LogP contribution in [0.5, 0.6) is 0 Å². The number of nitrogens with one attached hydrogen (secondary N) is 1. The number of nitrogens with zero attached hydrogens (tertiary/aromatic N) is 1. The Hall–Kier alpha value is -1.58. The third kappa shape index (κ3) is 4.06. The third-order valence-electron chi connectivity index (χ3n) is 2.50. The van der Waals surface area contributed by atoms with Gasteiger partial charge in [0.25, 0.3) is 0 Å². The molecule has 6 nitrogen and oxygen atoms in total. The van der Waals surface area contributed by atoms with E-state index in [1.807, 2.05) is 6.92 Å². The van der Waals surface area contributed by atoms with Crippen molar-refractivity contribution >= 4 is 11.9 Å². The molecule has 0 radical (unpaired) electrons. The lowest BCUT2D eigenvalue weighted by molar-refractivity contribution is -0.151. The van der Waals surface area contributed by atoms with Gasteiger partial charge < -0.3 is 20.1 Å². The number of ether oxygens (including phenoxy) is 1. The molecule has 2 N–H and O–H groups in total. The molecule has 1 aliphatic rings. The Labute approximate surface area is 99.9 Å². The summed E-state index contributed by atoms with van der Waals surface area (Å²) in [6.45, 7) is 2.69. The zero-order valence-electron chi connectivity index (χ0n) is 9.73. The highest BCUT2D eigenvalue weighted by atomic mass is 16.5. The number of hydrogen-bond acceptors (Lipinski definition) is 4. The minimum atomic E-state index is -1.09. The minimum absolute atomic E-state index is 0.0243. The molecule has 0 bridgehead atoms. The quantitative estimate of drug-likeness (QED) is 0.577. The highest BCUT2D eigenvalue weighted by Crippen LogP contribution is 2.14. The number of carboxylic acids is 1. The van der Waals surface area contributed by atoms with Crippen LogP contribution in [0.15, 0.2) is 0 Å². The van der Waals surface area contributed by atoms with E-state index in [2.05, 4.69) is 11.2 Å². The van der Waals surface area contributed by atoms with E-state index in [0.717, 1.165) is 4.90 Å². The molecule has 0 saturated carbocycles. The van der Waals surface area contributed by atoms with Crippen molar-refractivity contribution < 1.29 is 19.4 Å². The van der Waals surface area contributed by atoms with E-state index in [1.165, 1.54) is 0 Å². The summed E-state index contributed by atoms with van der Waals surface area (Å²) in [6, 6.07) is 0. The fourth-order valence-corrected chi connectivity index (χ4v) is 1.41. The molecule has 1 amide bonds. The maximum atomic E-state index is 11.7. The van der Waals surface area contributed by atoms with Crippen molar-refractivity contribution in [2.75, 3.05) is 32.8 Å². The molecule has 1 rings (SSSR count). The smallest absolute Gasteiger partial charge is 0.323 e. The van der Waals surface area contributed by atoms with E-state index in [0.29, 0.717) is 13.1 Å². The van der Waals surface area contributed by atoms with Gasteiger partial charge in [0.2, 0.25) is 5.91 Å². The Kier molecular flexibility index (Phi) is 4.49. The van der Waals surface area contributed by atoms with E-state index >= 15 is 0 Å². The predicted molar refractivity (Wildman–Crippen MR) is 60.3 cm³/mol. The summed E-state index contributed by atoms with van der Waals surface area (Å²) >= 11 is 0. The van der Waals surface area contributed by atoms with Gasteiger partial charge in [-0.1, -0.05) is 5.92 Å². The zero-order valence-corrected chi connectivity index (χ0v) is 9.73. The second-order valence-corrected chi connectivity index (χ2v) is 4.19. The Morgan fingerprint density at radius 2 is 2.24 bits per heavy atom. The van der Waals surface area contributed by atoms with Crippen molar-refractivity contribution in [2.45, 2.75) is 12.5 Å². The first-order chi connectivity index (χ1) is 7.97. The van der Waals surface area contributed by atoms with E-state index in [1.54, 1.807) is 0 Å². The van der Waals surface area contributed by atoms with Crippen LogP contribution in [0.3, 0.4) is 0 Å². The number of hydrogen-bond donors (Lipinski definition) is 2. The first-order valence-electron chi connectivity index (χ1n) is 5.24. The highest BCUT2D eigenvalue weighted by molar-refractivity contribution is 5.82. The van der Waals surface area contributed by atoms with Crippen molar-refractivity contribution in [3.63, 3.8) is 0 Å². The number of terminal acetylenes is 1. The molecule has 94 valence electrons. The molecule has 1 fully saturated rings. The number of carboxylic acid groups (broad SMARTS) is 1. The second-order valence-electron chi connectivity index (χ2n) is 4.19. The topological polar surface area (TPSA) is 78.9 Å². The van der Waals surface area contributed by atoms with Crippen molar-refractivity contribution in [1.82, 2.24) is 10.2 Å². The number of aliphatic carboxylic acids is 1. The van der Waals surface area contributed by atoms with Gasteiger partial charge in [-0.05, 0) is 6.92 Å². The Balaban J connectivity index is 2.41. The third-order valence-corrected chi connectivity index (χ3v) is 2.50. The number of rotatable bonds is 6. The minimum Gasteiger partial charge on any atom is -0.480 e. The van der Waals surface area contributed by atoms with Gasteiger partial charge in [-0.2, -0.15) is 0 Å². The van der Waals surface area contributed by atoms with Crippen molar-refractivity contribution in [3.8, 4) is 12.3 Å². The molecule has 1 saturated heterocycles. The Morgan fingerprint density at radius 1 is 1.59 bits per heavy atom. The van der Waals surface area contributed by atoms with E-state index in [4.69, 9.17) is 16.3 Å². The number of carbonyl (C=O) groups excluding carboxylic acids is 1. The van der Waals surface area contributed by atoms with Crippen LogP contribution in [0.4, 0.5) is 0 Å². The lowest BCUT2D eigenvalue weighted by Crippen LogP contribution is -2.59. The van der Waals surface area contributed by atoms with Gasteiger partial charge in [-0.25, -0.2) is 0 Å². The largest absolute Gasteiger partial charge is 0.480 e. The maximum absolute atomic E-state index is 11.7. The highest BCUT2D eigenvalue weighted by Gasteiger charge is 2.33. The molecule has 0 atom stereocenters. The molecule has 17 heavy (non-hydrogen) atoms. The molecule has 0 aromatic rings. The average molecular weight is 240 g/mol. The standard InChI is InChI=1S/C11H16N2O4/c1-3-4-13(5-10(15)16)9(14)6-17-11(2)7-12-8-11/h1,12H,4-8H2,2H3,(H,15,16). The molecule has 0 unspecified atom stereocenters. The van der Waals surface area contributed by atoms with Crippen LogP contribution in [-0.4, -0.2) is 60.3 Å². The lowest BCUT2D eigenvalue weighted by atomic mass is 10.0.